The summed E-state index contributed by atoms with van der Waals surface area (Å²) >= 11 is 0. The first-order valence-corrected chi connectivity index (χ1v) is 6.80. The highest BCUT2D eigenvalue weighted by Crippen LogP contribution is 2.29. The van der Waals surface area contributed by atoms with Crippen molar-refractivity contribution in [3.63, 3.8) is 0 Å². The minimum Gasteiger partial charge on any atom is -0.482 e. The zero-order chi connectivity index (χ0) is 15.5. The summed E-state index contributed by atoms with van der Waals surface area (Å²) in [6.45, 7) is 3.32. The highest BCUT2D eigenvalue weighted by molar-refractivity contribution is 5.87. The van der Waals surface area contributed by atoms with Crippen molar-refractivity contribution in [2.75, 3.05) is 18.5 Å². The molecule has 21 heavy (non-hydrogen) atoms. The molecule has 0 saturated carbocycles. The van der Waals surface area contributed by atoms with Crippen molar-refractivity contribution in [1.82, 2.24) is 4.98 Å². The lowest BCUT2D eigenvalue weighted by molar-refractivity contribution is -0.153. The zero-order valence-corrected chi connectivity index (χ0v) is 11.9. The minimum atomic E-state index is -4.37. The molecule has 0 atom stereocenters. The van der Waals surface area contributed by atoms with Crippen LogP contribution in [0.3, 0.4) is 0 Å². The number of ether oxygens (including phenoxy) is 1. The molecule has 3 nitrogen and oxygen atoms in total. The largest absolute Gasteiger partial charge is 0.482 e. The van der Waals surface area contributed by atoms with E-state index >= 15 is 0 Å². The monoisotopic (exact) mass is 298 g/mol. The Kier molecular flexibility index (Phi) is 4.55. The third kappa shape index (κ3) is 3.77. The number of para-hydroxylation sites is 1. The standard InChI is InChI=1S/C15H17F3N2O/c1-3-10-8-11-6-5-7-12(21-9-15(16,17)18)13(11)20-14(10)19-4-2/h5-8H,3-4,9H2,1-2H3,(H,19,20). The van der Waals surface area contributed by atoms with Gasteiger partial charge in [-0.2, -0.15) is 13.2 Å². The number of rotatable bonds is 5. The first-order chi connectivity index (χ1) is 9.94. The van der Waals surface area contributed by atoms with Gasteiger partial charge >= 0.3 is 6.18 Å². The second kappa shape index (κ2) is 6.20. The van der Waals surface area contributed by atoms with Gasteiger partial charge in [0.25, 0.3) is 0 Å². The van der Waals surface area contributed by atoms with E-state index in [9.17, 15) is 13.2 Å². The van der Waals surface area contributed by atoms with Gasteiger partial charge in [0.05, 0.1) is 0 Å². The first-order valence-electron chi connectivity index (χ1n) is 6.80. The number of aryl methyl sites for hydroxylation is 1. The van der Waals surface area contributed by atoms with Crippen LogP contribution in [0.5, 0.6) is 5.75 Å². The molecule has 0 amide bonds. The smallest absolute Gasteiger partial charge is 0.422 e. The number of benzene rings is 1. The van der Waals surface area contributed by atoms with Crippen LogP contribution < -0.4 is 10.1 Å². The molecule has 0 aliphatic rings. The SMILES string of the molecule is CCNc1nc2c(OCC(F)(F)F)cccc2cc1CC. The van der Waals surface area contributed by atoms with Gasteiger partial charge in [-0.3, -0.25) is 0 Å². The molecule has 1 aromatic carbocycles. The van der Waals surface area contributed by atoms with E-state index in [1.807, 2.05) is 26.0 Å². The summed E-state index contributed by atoms with van der Waals surface area (Å²) in [5.74, 6) is 0.835. The van der Waals surface area contributed by atoms with Crippen molar-refractivity contribution >= 4 is 16.7 Å². The Morgan fingerprint density at radius 2 is 2.00 bits per heavy atom. The summed E-state index contributed by atoms with van der Waals surface area (Å²) in [4.78, 5) is 4.43. The third-order valence-electron chi connectivity index (χ3n) is 3.00. The van der Waals surface area contributed by atoms with Crippen LogP contribution >= 0.6 is 0 Å². The molecule has 1 heterocycles. The van der Waals surface area contributed by atoms with Gasteiger partial charge in [0, 0.05) is 11.9 Å². The lowest BCUT2D eigenvalue weighted by atomic mass is 10.1. The van der Waals surface area contributed by atoms with Crippen molar-refractivity contribution in [3.05, 3.63) is 29.8 Å². The predicted octanol–water partition coefficient (Wildman–Crippen LogP) is 4.17. The highest BCUT2D eigenvalue weighted by atomic mass is 19.4. The molecule has 2 rings (SSSR count). The minimum absolute atomic E-state index is 0.145. The van der Waals surface area contributed by atoms with E-state index < -0.39 is 12.8 Å². The fourth-order valence-electron chi connectivity index (χ4n) is 2.08. The number of anilines is 1. The van der Waals surface area contributed by atoms with E-state index in [0.717, 1.165) is 17.4 Å². The molecule has 0 bridgehead atoms. The van der Waals surface area contributed by atoms with Gasteiger partial charge in [-0.15, -0.1) is 0 Å². The van der Waals surface area contributed by atoms with Crippen molar-refractivity contribution in [2.45, 2.75) is 26.4 Å². The summed E-state index contributed by atoms with van der Waals surface area (Å²) in [6, 6.07) is 6.92. The molecule has 0 spiro atoms. The molecule has 0 radical (unpaired) electrons. The Morgan fingerprint density at radius 3 is 2.62 bits per heavy atom. The molecule has 0 fully saturated rings. The van der Waals surface area contributed by atoms with E-state index in [2.05, 4.69) is 10.3 Å². The van der Waals surface area contributed by atoms with Crippen molar-refractivity contribution < 1.29 is 17.9 Å². The van der Waals surface area contributed by atoms with Gasteiger partial charge in [-0.25, -0.2) is 4.98 Å². The van der Waals surface area contributed by atoms with Gasteiger partial charge < -0.3 is 10.1 Å². The van der Waals surface area contributed by atoms with Crippen molar-refractivity contribution in [1.29, 1.82) is 0 Å². The molecular weight excluding hydrogens is 281 g/mol. The predicted molar refractivity (Wildman–Crippen MR) is 76.8 cm³/mol. The molecule has 0 aliphatic heterocycles. The summed E-state index contributed by atoms with van der Waals surface area (Å²) in [5.41, 5.74) is 1.47. The number of hydrogen-bond acceptors (Lipinski definition) is 3. The molecule has 6 heteroatoms. The van der Waals surface area contributed by atoms with Crippen LogP contribution in [0, 0.1) is 0 Å². The number of nitrogens with one attached hydrogen (secondary N) is 1. The fourth-order valence-corrected chi connectivity index (χ4v) is 2.08. The van der Waals surface area contributed by atoms with Gasteiger partial charge in [-0.1, -0.05) is 19.1 Å². The van der Waals surface area contributed by atoms with E-state index in [4.69, 9.17) is 4.74 Å². The maximum Gasteiger partial charge on any atom is 0.422 e. The molecule has 0 saturated heterocycles. The van der Waals surface area contributed by atoms with Crippen LogP contribution in [0.2, 0.25) is 0 Å². The number of halogens is 3. The third-order valence-corrected chi connectivity index (χ3v) is 3.00. The molecular formula is C15H17F3N2O. The van der Waals surface area contributed by atoms with Crippen molar-refractivity contribution in [2.24, 2.45) is 0 Å². The normalized spacial score (nSPS) is 11.7. The first kappa shape index (κ1) is 15.4. The summed E-state index contributed by atoms with van der Waals surface area (Å²) in [6.07, 6.45) is -3.57. The summed E-state index contributed by atoms with van der Waals surface area (Å²) in [7, 11) is 0. The summed E-state index contributed by atoms with van der Waals surface area (Å²) < 4.78 is 41.8. The Labute approximate surface area is 121 Å². The number of aromatic nitrogens is 1. The van der Waals surface area contributed by atoms with E-state index in [1.165, 1.54) is 6.07 Å². The second-order valence-electron chi connectivity index (χ2n) is 4.61. The molecule has 1 aromatic heterocycles. The Morgan fingerprint density at radius 1 is 1.24 bits per heavy atom. The Bertz CT molecular complexity index is 626. The topological polar surface area (TPSA) is 34.2 Å². The number of hydrogen-bond donors (Lipinski definition) is 1. The maximum absolute atomic E-state index is 12.3. The van der Waals surface area contributed by atoms with Crippen LogP contribution in [0.25, 0.3) is 10.9 Å². The Hall–Kier alpha value is -1.98. The van der Waals surface area contributed by atoms with Crippen LogP contribution in [-0.2, 0) is 6.42 Å². The number of pyridine rings is 1. The fraction of sp³-hybridized carbons (Fsp3) is 0.400. The lowest BCUT2D eigenvalue weighted by Gasteiger charge is -2.14. The van der Waals surface area contributed by atoms with Gasteiger partial charge in [0.15, 0.2) is 6.61 Å². The van der Waals surface area contributed by atoms with Crippen LogP contribution in [0.4, 0.5) is 19.0 Å². The number of alkyl halides is 3. The maximum atomic E-state index is 12.3. The Balaban J connectivity index is 2.44. The number of nitrogens with zero attached hydrogens (tertiary/aromatic N) is 1. The van der Waals surface area contributed by atoms with Gasteiger partial charge in [0.2, 0.25) is 0 Å². The van der Waals surface area contributed by atoms with E-state index in [-0.39, 0.29) is 5.75 Å². The zero-order valence-electron chi connectivity index (χ0n) is 11.9. The van der Waals surface area contributed by atoms with Crippen LogP contribution in [-0.4, -0.2) is 24.3 Å². The average molecular weight is 298 g/mol. The molecule has 114 valence electrons. The number of fused-ring (bicyclic) bond motifs is 1. The van der Waals surface area contributed by atoms with Gasteiger partial charge in [0.1, 0.15) is 17.1 Å². The van der Waals surface area contributed by atoms with E-state index in [0.29, 0.717) is 17.9 Å². The van der Waals surface area contributed by atoms with Gasteiger partial charge in [-0.05, 0) is 31.0 Å². The molecule has 0 unspecified atom stereocenters. The lowest BCUT2D eigenvalue weighted by Crippen LogP contribution is -2.19. The summed E-state index contributed by atoms with van der Waals surface area (Å²) in [5, 5.41) is 3.90. The molecule has 2 aromatic rings. The quantitative estimate of drug-likeness (QED) is 0.899. The van der Waals surface area contributed by atoms with Crippen LogP contribution in [0.15, 0.2) is 24.3 Å². The van der Waals surface area contributed by atoms with Crippen LogP contribution in [0.1, 0.15) is 19.4 Å². The molecule has 1 N–H and O–H groups in total. The average Bonchev–Trinajstić information content (AvgIpc) is 2.44. The highest BCUT2D eigenvalue weighted by Gasteiger charge is 2.28. The molecule has 0 aliphatic carbocycles. The second-order valence-corrected chi connectivity index (χ2v) is 4.61. The van der Waals surface area contributed by atoms with Crippen molar-refractivity contribution in [3.8, 4) is 5.75 Å². The van der Waals surface area contributed by atoms with E-state index in [1.54, 1.807) is 6.07 Å².